The number of nitrogens with one attached hydrogen (secondary N) is 2. The molecule has 2 unspecified atom stereocenters. The quantitative estimate of drug-likeness (QED) is 0.0642. The molecule has 0 bridgehead atoms. The van der Waals surface area contributed by atoms with Crippen LogP contribution in [-0.2, 0) is 14.2 Å². The first-order valence-electron chi connectivity index (χ1n) is 8.64. The van der Waals surface area contributed by atoms with Gasteiger partial charge in [0.2, 0.25) is 5.91 Å². The van der Waals surface area contributed by atoms with E-state index in [0.717, 1.165) is 11.4 Å². The van der Waals surface area contributed by atoms with Gasteiger partial charge in [0.1, 0.15) is 6.04 Å². The molecule has 0 aromatic rings. The number of nitrogens with two attached hydrogens (primary N) is 4. The molecule has 0 spiro atoms. The molecular weight excluding hydrogens is 359 g/mol. The Morgan fingerprint density at radius 3 is 2.77 bits per heavy atom. The maximum absolute atomic E-state index is 12.8. The van der Waals surface area contributed by atoms with E-state index in [-0.39, 0.29) is 18.3 Å². The molecule has 1 fully saturated rings. The largest absolute Gasteiger partial charge is 0.465 e. The number of carbonyl (C=O) groups excluding carboxylic acids is 2. The fourth-order valence-electron chi connectivity index (χ4n) is 2.55. The molecule has 2 amide bonds. The summed E-state index contributed by atoms with van der Waals surface area (Å²) in [6, 6.07) is -0.777. The highest BCUT2D eigenvalue weighted by molar-refractivity contribution is 7.45. The number of carbonyl (C=O) groups is 2. The highest BCUT2D eigenvalue weighted by Crippen LogP contribution is 2.39. The molecule has 10 N–H and O–H groups in total. The number of rotatable bonds is 10. The van der Waals surface area contributed by atoms with E-state index in [1.807, 2.05) is 6.92 Å². The summed E-state index contributed by atoms with van der Waals surface area (Å²) in [6.07, 6.45) is 2.37. The predicted octanol–water partition coefficient (Wildman–Crippen LogP) is -1.58. The molecule has 3 atom stereocenters. The van der Waals surface area contributed by atoms with Crippen LogP contribution in [0.3, 0.4) is 0 Å². The standard InChI is InChI=1S/C14H29N8O3P/c1-2-7-19-11(23)10(5-3-8-20-13(15)16)21-26(25)14(17)6-4-9-22(18)12(14)24/h10H,2-9,17-18H2,1H3,(H5-,15,16,19,20,21,23,25)/p+1/t10?,14-/m0/s1. The lowest BCUT2D eigenvalue weighted by atomic mass is 10.1. The normalized spacial score (nSPS) is 21.9. The van der Waals surface area contributed by atoms with Gasteiger partial charge in [-0.25, -0.2) is 5.84 Å². The first-order chi connectivity index (χ1) is 12.2. The molecule has 1 saturated heterocycles. The minimum absolute atomic E-state index is 0.0345. The lowest BCUT2D eigenvalue weighted by Crippen LogP contribution is -2.60. The zero-order valence-corrected chi connectivity index (χ0v) is 16.0. The smallest absolute Gasteiger partial charge is 0.370 e. The van der Waals surface area contributed by atoms with Crippen LogP contribution in [0.2, 0.25) is 0 Å². The molecule has 0 aliphatic carbocycles. The van der Waals surface area contributed by atoms with Crippen molar-refractivity contribution >= 4 is 25.7 Å². The number of hydrazine groups is 1. The van der Waals surface area contributed by atoms with Crippen molar-refractivity contribution in [1.29, 1.82) is 0 Å². The predicted molar refractivity (Wildman–Crippen MR) is 99.8 cm³/mol. The molecule has 1 aliphatic heterocycles. The lowest BCUT2D eigenvalue weighted by molar-refractivity contribution is -0.137. The third-order valence-corrected chi connectivity index (χ3v) is 5.72. The third-order valence-electron chi connectivity index (χ3n) is 4.03. The first-order valence-corrected chi connectivity index (χ1v) is 9.90. The molecule has 1 heterocycles. The van der Waals surface area contributed by atoms with Crippen molar-refractivity contribution in [2.75, 3.05) is 19.6 Å². The van der Waals surface area contributed by atoms with Gasteiger partial charge in [0.25, 0.3) is 0 Å². The number of aliphatic imine (C=N–C) groups is 1. The summed E-state index contributed by atoms with van der Waals surface area (Å²) in [5, 5.41) is 4.84. The van der Waals surface area contributed by atoms with Crippen LogP contribution in [0.25, 0.3) is 0 Å². The third kappa shape index (κ3) is 6.17. The molecule has 0 saturated carbocycles. The maximum Gasteiger partial charge on any atom is 0.465 e. The number of amides is 2. The minimum atomic E-state index is -2.41. The van der Waals surface area contributed by atoms with Crippen molar-refractivity contribution in [3.8, 4) is 0 Å². The second kappa shape index (κ2) is 10.4. The van der Waals surface area contributed by atoms with Crippen LogP contribution in [-0.4, -0.2) is 53.7 Å². The Bertz CT molecular complexity index is 554. The van der Waals surface area contributed by atoms with Crippen LogP contribution < -0.4 is 33.4 Å². The SMILES string of the molecule is CCCNC(=O)C(CCCN=C(N)N)N[P+](=O)[C@@]1(N)CCCN(N)C1=O. The number of hydrogen-bond acceptors (Lipinski definition) is 6. The van der Waals surface area contributed by atoms with E-state index in [4.69, 9.17) is 23.0 Å². The Kier molecular flexibility index (Phi) is 8.86. The van der Waals surface area contributed by atoms with Crippen molar-refractivity contribution in [2.45, 2.75) is 50.3 Å². The fraction of sp³-hybridized carbons (Fsp3) is 0.786. The molecule has 1 aliphatic rings. The average Bonchev–Trinajstić information content (AvgIpc) is 2.59. The van der Waals surface area contributed by atoms with Crippen molar-refractivity contribution < 1.29 is 14.2 Å². The zero-order chi connectivity index (χ0) is 19.7. The van der Waals surface area contributed by atoms with Crippen LogP contribution in [0.1, 0.15) is 39.0 Å². The van der Waals surface area contributed by atoms with E-state index in [9.17, 15) is 14.2 Å². The van der Waals surface area contributed by atoms with Crippen LogP contribution >= 0.6 is 7.95 Å². The number of piperidine rings is 1. The van der Waals surface area contributed by atoms with Crippen molar-refractivity contribution in [3.63, 3.8) is 0 Å². The van der Waals surface area contributed by atoms with Crippen LogP contribution in [0.4, 0.5) is 0 Å². The van der Waals surface area contributed by atoms with Crippen LogP contribution in [0.15, 0.2) is 4.99 Å². The van der Waals surface area contributed by atoms with E-state index in [1.165, 1.54) is 0 Å². The number of nitrogens with zero attached hydrogens (tertiary/aromatic N) is 2. The van der Waals surface area contributed by atoms with Gasteiger partial charge in [-0.15, -0.1) is 0 Å². The number of hydrogen-bond donors (Lipinski definition) is 6. The van der Waals surface area contributed by atoms with Gasteiger partial charge < -0.3 is 16.8 Å². The van der Waals surface area contributed by atoms with Gasteiger partial charge in [-0.05, 0) is 30.2 Å². The van der Waals surface area contributed by atoms with Gasteiger partial charge in [-0.3, -0.25) is 25.3 Å². The second-order valence-corrected chi connectivity index (χ2v) is 7.89. The Hall–Kier alpha value is -1.81. The molecule has 26 heavy (non-hydrogen) atoms. The average molecular weight is 389 g/mol. The second-order valence-electron chi connectivity index (χ2n) is 6.24. The molecule has 11 nitrogen and oxygen atoms in total. The number of guanidine groups is 1. The van der Waals surface area contributed by atoms with Gasteiger partial charge in [-0.1, -0.05) is 12.0 Å². The Morgan fingerprint density at radius 2 is 2.15 bits per heavy atom. The van der Waals surface area contributed by atoms with E-state index in [0.29, 0.717) is 38.9 Å². The summed E-state index contributed by atoms with van der Waals surface area (Å²) >= 11 is 0. The summed E-state index contributed by atoms with van der Waals surface area (Å²) < 4.78 is 12.8. The van der Waals surface area contributed by atoms with Gasteiger partial charge in [-0.2, -0.15) is 0 Å². The molecule has 0 radical (unpaired) electrons. The fourth-order valence-corrected chi connectivity index (χ4v) is 3.97. The maximum atomic E-state index is 12.8. The monoisotopic (exact) mass is 389 g/mol. The van der Waals surface area contributed by atoms with Crippen molar-refractivity contribution in [1.82, 2.24) is 15.4 Å². The summed E-state index contributed by atoms with van der Waals surface area (Å²) in [5.74, 6) is 4.67. The topological polar surface area (TPSA) is 195 Å². The van der Waals surface area contributed by atoms with Crippen molar-refractivity contribution in [3.05, 3.63) is 0 Å². The van der Waals surface area contributed by atoms with Gasteiger partial charge in [0.05, 0.1) is 0 Å². The molecule has 148 valence electrons. The molecule has 1 rings (SSSR count). The van der Waals surface area contributed by atoms with Gasteiger partial charge >= 0.3 is 19.1 Å². The molecule has 12 heteroatoms. The minimum Gasteiger partial charge on any atom is -0.370 e. The van der Waals surface area contributed by atoms with E-state index in [1.54, 1.807) is 0 Å². The molecule has 0 aromatic heterocycles. The van der Waals surface area contributed by atoms with Crippen LogP contribution in [0.5, 0.6) is 0 Å². The Morgan fingerprint density at radius 1 is 1.46 bits per heavy atom. The summed E-state index contributed by atoms with van der Waals surface area (Å²) in [4.78, 5) is 28.5. The first kappa shape index (κ1) is 22.2. The Labute approximate surface area is 154 Å². The van der Waals surface area contributed by atoms with Gasteiger partial charge in [0.15, 0.2) is 5.96 Å². The van der Waals surface area contributed by atoms with Crippen LogP contribution in [0, 0.1) is 0 Å². The molecular formula is C14H30N8O3P+. The van der Waals surface area contributed by atoms with Crippen molar-refractivity contribution in [2.24, 2.45) is 28.0 Å². The highest BCUT2D eigenvalue weighted by Gasteiger charge is 2.57. The summed E-state index contributed by atoms with van der Waals surface area (Å²) in [7, 11) is -2.41. The Balaban J connectivity index is 2.78. The summed E-state index contributed by atoms with van der Waals surface area (Å²) in [6.45, 7) is 3.11. The van der Waals surface area contributed by atoms with E-state index in [2.05, 4.69) is 15.4 Å². The van der Waals surface area contributed by atoms with Gasteiger partial charge in [0, 0.05) is 26.1 Å². The highest BCUT2D eigenvalue weighted by atomic mass is 31.1. The zero-order valence-electron chi connectivity index (χ0n) is 15.1. The summed E-state index contributed by atoms with van der Waals surface area (Å²) in [5.41, 5.74) is 16.6. The van der Waals surface area contributed by atoms with E-state index >= 15 is 0 Å². The molecule has 0 aromatic carbocycles. The van der Waals surface area contributed by atoms with E-state index < -0.39 is 25.2 Å². The lowest BCUT2D eigenvalue weighted by Gasteiger charge is -2.29.